The summed E-state index contributed by atoms with van der Waals surface area (Å²) in [6, 6.07) is -0.368. The number of aryl methyl sites for hydroxylation is 2. The van der Waals surface area contributed by atoms with Gasteiger partial charge in [-0.2, -0.15) is 5.10 Å². The van der Waals surface area contributed by atoms with E-state index >= 15 is 0 Å². The largest absolute Gasteiger partial charge is 0.480 e. The Morgan fingerprint density at radius 1 is 1.53 bits per heavy atom. The topological polar surface area (TPSA) is 87.5 Å². The zero-order chi connectivity index (χ0) is 14.4. The fourth-order valence-electron chi connectivity index (χ4n) is 1.79. The summed E-state index contributed by atoms with van der Waals surface area (Å²) >= 11 is 0. The maximum absolute atomic E-state index is 11.9. The first-order chi connectivity index (χ1) is 8.93. The molecule has 0 atom stereocenters. The Morgan fingerprint density at radius 2 is 2.21 bits per heavy atom. The van der Waals surface area contributed by atoms with Gasteiger partial charge in [0.05, 0.1) is 5.69 Å². The molecule has 0 aliphatic carbocycles. The molecule has 7 heteroatoms. The lowest BCUT2D eigenvalue weighted by molar-refractivity contribution is -0.137. The number of hydrogen-bond donors (Lipinski definition) is 2. The van der Waals surface area contributed by atoms with Gasteiger partial charge in [0, 0.05) is 31.9 Å². The van der Waals surface area contributed by atoms with Gasteiger partial charge in [0.15, 0.2) is 0 Å². The number of rotatable bonds is 6. The van der Waals surface area contributed by atoms with Crippen LogP contribution < -0.4 is 5.32 Å². The fourth-order valence-corrected chi connectivity index (χ4v) is 1.79. The van der Waals surface area contributed by atoms with Crippen LogP contribution in [0.2, 0.25) is 0 Å². The maximum atomic E-state index is 11.9. The predicted molar refractivity (Wildman–Crippen MR) is 69.7 cm³/mol. The van der Waals surface area contributed by atoms with Crippen molar-refractivity contribution in [3.63, 3.8) is 0 Å². The number of aromatic nitrogens is 2. The third kappa shape index (κ3) is 4.61. The molecule has 19 heavy (non-hydrogen) atoms. The van der Waals surface area contributed by atoms with Gasteiger partial charge in [-0.25, -0.2) is 4.79 Å². The molecular weight excluding hydrogens is 248 g/mol. The Balaban J connectivity index is 2.56. The summed E-state index contributed by atoms with van der Waals surface area (Å²) in [5, 5.41) is 15.6. The number of nitrogens with one attached hydrogen (secondary N) is 1. The Morgan fingerprint density at radius 3 is 2.68 bits per heavy atom. The van der Waals surface area contributed by atoms with Crippen LogP contribution in [0.15, 0.2) is 6.20 Å². The second-order valence-corrected chi connectivity index (χ2v) is 4.39. The highest BCUT2D eigenvalue weighted by atomic mass is 16.4. The number of carboxylic acid groups (broad SMARTS) is 1. The number of hydrogen-bond acceptors (Lipinski definition) is 3. The molecule has 0 saturated heterocycles. The lowest BCUT2D eigenvalue weighted by Crippen LogP contribution is -2.42. The van der Waals surface area contributed by atoms with Crippen molar-refractivity contribution in [3.8, 4) is 0 Å². The van der Waals surface area contributed by atoms with Crippen molar-refractivity contribution in [2.45, 2.75) is 26.8 Å². The number of nitrogens with zero attached hydrogens (tertiary/aromatic N) is 3. The number of carbonyl (C=O) groups excluding carboxylic acids is 1. The minimum Gasteiger partial charge on any atom is -0.480 e. The highest BCUT2D eigenvalue weighted by Gasteiger charge is 2.15. The van der Waals surface area contributed by atoms with Crippen molar-refractivity contribution in [2.75, 3.05) is 13.1 Å². The maximum Gasteiger partial charge on any atom is 0.323 e. The van der Waals surface area contributed by atoms with E-state index in [-0.39, 0.29) is 12.6 Å². The molecule has 1 heterocycles. The first-order valence-electron chi connectivity index (χ1n) is 6.17. The molecule has 0 radical (unpaired) electrons. The molecule has 1 rings (SSSR count). The van der Waals surface area contributed by atoms with Gasteiger partial charge in [0.25, 0.3) is 0 Å². The standard InChI is InChI=1S/C12H20N4O3/c1-4-5-16(8-11(17)18)12(19)13-6-10-7-15(3)14-9(10)2/h7H,4-6,8H2,1-3H3,(H,13,19)(H,17,18). The summed E-state index contributed by atoms with van der Waals surface area (Å²) < 4.78 is 1.68. The second-order valence-electron chi connectivity index (χ2n) is 4.39. The number of amides is 2. The van der Waals surface area contributed by atoms with Crippen molar-refractivity contribution in [3.05, 3.63) is 17.5 Å². The van der Waals surface area contributed by atoms with E-state index < -0.39 is 5.97 Å². The molecular formula is C12H20N4O3. The van der Waals surface area contributed by atoms with Gasteiger partial charge in [0.1, 0.15) is 6.54 Å². The smallest absolute Gasteiger partial charge is 0.323 e. The lowest BCUT2D eigenvalue weighted by Gasteiger charge is -2.20. The summed E-state index contributed by atoms with van der Waals surface area (Å²) in [7, 11) is 1.81. The second kappa shape index (κ2) is 6.77. The van der Waals surface area contributed by atoms with Crippen molar-refractivity contribution >= 4 is 12.0 Å². The molecule has 1 aromatic heterocycles. The quantitative estimate of drug-likeness (QED) is 0.796. The van der Waals surface area contributed by atoms with Crippen LogP contribution in [0.1, 0.15) is 24.6 Å². The Hall–Kier alpha value is -2.05. The summed E-state index contributed by atoms with van der Waals surface area (Å²) in [5.74, 6) is -1.01. The van der Waals surface area contributed by atoms with Crippen LogP contribution in [0.4, 0.5) is 4.79 Å². The highest BCUT2D eigenvalue weighted by molar-refractivity contribution is 5.80. The van der Waals surface area contributed by atoms with E-state index in [0.29, 0.717) is 19.5 Å². The van der Waals surface area contributed by atoms with Crippen LogP contribution >= 0.6 is 0 Å². The summed E-state index contributed by atoms with van der Waals surface area (Å²) in [6.45, 7) is 4.24. The molecule has 1 aromatic rings. The lowest BCUT2D eigenvalue weighted by atomic mass is 10.2. The minimum absolute atomic E-state index is 0.286. The highest BCUT2D eigenvalue weighted by Crippen LogP contribution is 2.04. The molecule has 0 saturated carbocycles. The van der Waals surface area contributed by atoms with Gasteiger partial charge in [0.2, 0.25) is 0 Å². The molecule has 2 N–H and O–H groups in total. The van der Waals surface area contributed by atoms with Gasteiger partial charge in [-0.3, -0.25) is 9.48 Å². The van der Waals surface area contributed by atoms with Gasteiger partial charge >= 0.3 is 12.0 Å². The van der Waals surface area contributed by atoms with Crippen LogP contribution in [0.5, 0.6) is 0 Å². The summed E-state index contributed by atoms with van der Waals surface area (Å²) in [4.78, 5) is 23.9. The average Bonchev–Trinajstić information content (AvgIpc) is 2.63. The third-order valence-electron chi connectivity index (χ3n) is 2.65. The molecule has 106 valence electrons. The van der Waals surface area contributed by atoms with Gasteiger partial charge in [-0.1, -0.05) is 6.92 Å². The van der Waals surface area contributed by atoms with E-state index in [1.165, 1.54) is 4.90 Å². The number of carboxylic acids is 1. The molecule has 2 amide bonds. The summed E-state index contributed by atoms with van der Waals surface area (Å²) in [5.41, 5.74) is 1.77. The molecule has 0 bridgehead atoms. The molecule has 0 unspecified atom stereocenters. The van der Waals surface area contributed by atoms with E-state index in [0.717, 1.165) is 11.3 Å². The molecule has 0 fully saturated rings. The SMILES string of the molecule is CCCN(CC(=O)O)C(=O)NCc1cn(C)nc1C. The van der Waals surface area contributed by atoms with Gasteiger partial charge in [-0.15, -0.1) is 0 Å². The van der Waals surface area contributed by atoms with E-state index in [1.807, 2.05) is 27.1 Å². The molecule has 0 aromatic carbocycles. The monoisotopic (exact) mass is 268 g/mol. The Bertz CT molecular complexity index is 456. The fraction of sp³-hybridized carbons (Fsp3) is 0.583. The first-order valence-corrected chi connectivity index (χ1v) is 6.17. The van der Waals surface area contributed by atoms with Crippen LogP contribution in [0.3, 0.4) is 0 Å². The van der Waals surface area contributed by atoms with Crippen LogP contribution in [0.25, 0.3) is 0 Å². The number of aliphatic carboxylic acids is 1. The number of urea groups is 1. The van der Waals surface area contributed by atoms with E-state index in [1.54, 1.807) is 4.68 Å². The molecule has 0 spiro atoms. The normalized spacial score (nSPS) is 10.3. The molecule has 0 aliphatic heterocycles. The van der Waals surface area contributed by atoms with E-state index in [9.17, 15) is 9.59 Å². The van der Waals surface area contributed by atoms with Crippen molar-refractivity contribution < 1.29 is 14.7 Å². The number of carbonyl (C=O) groups is 2. The average molecular weight is 268 g/mol. The zero-order valence-corrected chi connectivity index (χ0v) is 11.5. The van der Waals surface area contributed by atoms with E-state index in [4.69, 9.17) is 5.11 Å². The summed E-state index contributed by atoms with van der Waals surface area (Å²) in [6.07, 6.45) is 2.55. The van der Waals surface area contributed by atoms with Crippen LogP contribution in [-0.2, 0) is 18.4 Å². The third-order valence-corrected chi connectivity index (χ3v) is 2.65. The minimum atomic E-state index is -1.01. The van der Waals surface area contributed by atoms with E-state index in [2.05, 4.69) is 10.4 Å². The first kappa shape index (κ1) is 15.0. The predicted octanol–water partition coefficient (Wildman–Crippen LogP) is 0.735. The molecule has 7 nitrogen and oxygen atoms in total. The van der Waals surface area contributed by atoms with Crippen molar-refractivity contribution in [2.24, 2.45) is 7.05 Å². The Kier molecular flexibility index (Phi) is 5.35. The van der Waals surface area contributed by atoms with Crippen molar-refractivity contribution in [1.82, 2.24) is 20.0 Å². The van der Waals surface area contributed by atoms with Gasteiger partial charge in [-0.05, 0) is 13.3 Å². The van der Waals surface area contributed by atoms with Gasteiger partial charge < -0.3 is 15.3 Å². The Labute approximate surface area is 112 Å². The van der Waals surface area contributed by atoms with Crippen molar-refractivity contribution in [1.29, 1.82) is 0 Å². The van der Waals surface area contributed by atoms with Crippen LogP contribution in [0, 0.1) is 6.92 Å². The zero-order valence-electron chi connectivity index (χ0n) is 11.5. The van der Waals surface area contributed by atoms with Crippen LogP contribution in [-0.4, -0.2) is 44.9 Å². The molecule has 0 aliphatic rings.